The van der Waals surface area contributed by atoms with Gasteiger partial charge in [0.1, 0.15) is 17.8 Å². The Labute approximate surface area is 125 Å². The first-order valence-electron chi connectivity index (χ1n) is 7.25. The molecule has 0 saturated carbocycles. The molecule has 1 saturated heterocycles. The van der Waals surface area contributed by atoms with Crippen molar-refractivity contribution < 1.29 is 9.53 Å². The maximum atomic E-state index is 12.0. The summed E-state index contributed by atoms with van der Waals surface area (Å²) in [6, 6.07) is 1.67. The van der Waals surface area contributed by atoms with Crippen LogP contribution < -0.4 is 10.6 Å². The highest BCUT2D eigenvalue weighted by Gasteiger charge is 2.15. The van der Waals surface area contributed by atoms with Crippen LogP contribution in [0.3, 0.4) is 0 Å². The molecule has 116 valence electrons. The van der Waals surface area contributed by atoms with Crippen LogP contribution >= 0.6 is 0 Å². The van der Waals surface area contributed by atoms with Gasteiger partial charge in [-0.3, -0.25) is 4.79 Å². The van der Waals surface area contributed by atoms with E-state index in [1.54, 1.807) is 6.07 Å². The quantitative estimate of drug-likeness (QED) is 0.755. The van der Waals surface area contributed by atoms with Gasteiger partial charge in [0.2, 0.25) is 0 Å². The molecule has 1 unspecified atom stereocenters. The summed E-state index contributed by atoms with van der Waals surface area (Å²) in [5.41, 5.74) is 0.374. The van der Waals surface area contributed by atoms with Crippen LogP contribution in [0.2, 0.25) is 0 Å². The number of aromatic nitrogens is 2. The van der Waals surface area contributed by atoms with Crippen LogP contribution in [0, 0.1) is 0 Å². The molecule has 2 N–H and O–H groups in total. The van der Waals surface area contributed by atoms with Crippen molar-refractivity contribution in [3.63, 3.8) is 0 Å². The topological polar surface area (TPSA) is 79.4 Å². The maximum absolute atomic E-state index is 12.0. The fraction of sp³-hybridized carbons (Fsp3) is 0.643. The minimum absolute atomic E-state index is 0.181. The smallest absolute Gasteiger partial charge is 0.270 e. The van der Waals surface area contributed by atoms with Crippen molar-refractivity contribution in [2.24, 2.45) is 0 Å². The number of rotatable bonds is 7. The van der Waals surface area contributed by atoms with Crippen LogP contribution in [0.1, 0.15) is 23.3 Å². The molecule has 0 bridgehead atoms. The van der Waals surface area contributed by atoms with E-state index in [1.165, 1.54) is 6.33 Å². The fourth-order valence-electron chi connectivity index (χ4n) is 2.09. The molecule has 2 rings (SSSR count). The summed E-state index contributed by atoms with van der Waals surface area (Å²) in [5.74, 6) is 0.470. The predicted octanol–water partition coefficient (Wildman–Crippen LogP) is 0.359. The van der Waals surface area contributed by atoms with E-state index in [9.17, 15) is 4.79 Å². The second-order valence-electron chi connectivity index (χ2n) is 5.36. The SMILES string of the molecule is CN(C)CCNC(=O)c1cc(NCC2CCCO2)ncn1. The number of carbonyl (C=O) groups is 1. The first-order valence-corrected chi connectivity index (χ1v) is 7.25. The van der Waals surface area contributed by atoms with Gasteiger partial charge in [-0.2, -0.15) is 0 Å². The van der Waals surface area contributed by atoms with E-state index in [-0.39, 0.29) is 12.0 Å². The molecular formula is C14H23N5O2. The summed E-state index contributed by atoms with van der Waals surface area (Å²) in [7, 11) is 3.92. The fourth-order valence-corrected chi connectivity index (χ4v) is 2.09. The lowest BCUT2D eigenvalue weighted by atomic mass is 10.2. The molecule has 1 aliphatic heterocycles. The van der Waals surface area contributed by atoms with Crippen molar-refractivity contribution in [2.45, 2.75) is 18.9 Å². The summed E-state index contributed by atoms with van der Waals surface area (Å²) < 4.78 is 5.54. The predicted molar refractivity (Wildman–Crippen MR) is 80.4 cm³/mol. The van der Waals surface area contributed by atoms with Gasteiger partial charge in [-0.1, -0.05) is 0 Å². The van der Waals surface area contributed by atoms with Gasteiger partial charge in [0.25, 0.3) is 5.91 Å². The molecule has 1 aromatic rings. The second-order valence-corrected chi connectivity index (χ2v) is 5.36. The maximum Gasteiger partial charge on any atom is 0.270 e. The van der Waals surface area contributed by atoms with Gasteiger partial charge < -0.3 is 20.3 Å². The zero-order valence-electron chi connectivity index (χ0n) is 12.6. The summed E-state index contributed by atoms with van der Waals surface area (Å²) in [5, 5.41) is 6.02. The third-order valence-corrected chi connectivity index (χ3v) is 3.28. The Morgan fingerprint density at radius 1 is 1.48 bits per heavy atom. The number of likely N-dealkylation sites (N-methyl/N-ethyl adjacent to an activating group) is 1. The molecule has 1 fully saturated rings. The van der Waals surface area contributed by atoms with Gasteiger partial charge in [-0.05, 0) is 26.9 Å². The van der Waals surface area contributed by atoms with E-state index < -0.39 is 0 Å². The normalized spacial score (nSPS) is 18.0. The van der Waals surface area contributed by atoms with Gasteiger partial charge in [0, 0.05) is 32.3 Å². The number of nitrogens with one attached hydrogen (secondary N) is 2. The third-order valence-electron chi connectivity index (χ3n) is 3.28. The summed E-state index contributed by atoms with van der Waals surface area (Å²) in [6.45, 7) is 2.92. The second kappa shape index (κ2) is 7.90. The lowest BCUT2D eigenvalue weighted by Gasteiger charge is -2.12. The zero-order valence-corrected chi connectivity index (χ0v) is 12.6. The molecular weight excluding hydrogens is 270 g/mol. The van der Waals surface area contributed by atoms with Crippen LogP contribution in [-0.2, 0) is 4.74 Å². The van der Waals surface area contributed by atoms with Gasteiger partial charge in [0.05, 0.1) is 6.10 Å². The van der Waals surface area contributed by atoms with Crippen LogP contribution in [-0.4, -0.2) is 67.2 Å². The summed E-state index contributed by atoms with van der Waals surface area (Å²) >= 11 is 0. The average Bonchev–Trinajstić information content (AvgIpc) is 2.98. The van der Waals surface area contributed by atoms with E-state index in [2.05, 4.69) is 20.6 Å². The molecule has 1 aromatic heterocycles. The molecule has 1 amide bonds. The minimum atomic E-state index is -0.181. The third kappa shape index (κ3) is 5.28. The van der Waals surface area contributed by atoms with E-state index in [4.69, 9.17) is 4.74 Å². The van der Waals surface area contributed by atoms with Gasteiger partial charge in [-0.25, -0.2) is 9.97 Å². The molecule has 21 heavy (non-hydrogen) atoms. The van der Waals surface area contributed by atoms with Crippen molar-refractivity contribution >= 4 is 11.7 Å². The Morgan fingerprint density at radius 3 is 3.05 bits per heavy atom. The van der Waals surface area contributed by atoms with Crippen LogP contribution in [0.15, 0.2) is 12.4 Å². The van der Waals surface area contributed by atoms with Crippen molar-refractivity contribution in [3.05, 3.63) is 18.1 Å². The lowest BCUT2D eigenvalue weighted by Crippen LogP contribution is -2.32. The molecule has 0 aliphatic carbocycles. The number of nitrogens with zero attached hydrogens (tertiary/aromatic N) is 3. The Balaban J connectivity index is 1.82. The number of ether oxygens (including phenoxy) is 1. The average molecular weight is 293 g/mol. The Morgan fingerprint density at radius 2 is 2.33 bits per heavy atom. The van der Waals surface area contributed by atoms with E-state index in [0.717, 1.165) is 26.0 Å². The van der Waals surface area contributed by atoms with E-state index in [0.29, 0.717) is 24.6 Å². The number of amides is 1. The molecule has 0 aromatic carbocycles. The first-order chi connectivity index (χ1) is 10.1. The van der Waals surface area contributed by atoms with E-state index >= 15 is 0 Å². The minimum Gasteiger partial charge on any atom is -0.376 e. The lowest BCUT2D eigenvalue weighted by molar-refractivity contribution is 0.0946. The molecule has 2 heterocycles. The molecule has 0 radical (unpaired) electrons. The molecule has 1 aliphatic rings. The molecule has 7 nitrogen and oxygen atoms in total. The number of hydrogen-bond donors (Lipinski definition) is 2. The largest absolute Gasteiger partial charge is 0.376 e. The highest BCUT2D eigenvalue weighted by atomic mass is 16.5. The van der Waals surface area contributed by atoms with Crippen LogP contribution in [0.25, 0.3) is 0 Å². The van der Waals surface area contributed by atoms with Crippen molar-refractivity contribution in [2.75, 3.05) is 45.7 Å². The standard InChI is InChI=1S/C14H23N5O2/c1-19(2)6-5-15-14(20)12-8-13(18-10-17-12)16-9-11-4-3-7-21-11/h8,10-11H,3-7,9H2,1-2H3,(H,15,20)(H,16,17,18). The molecule has 1 atom stereocenters. The van der Waals surface area contributed by atoms with Crippen LogP contribution in [0.5, 0.6) is 0 Å². The highest BCUT2D eigenvalue weighted by molar-refractivity contribution is 5.92. The number of carbonyl (C=O) groups excluding carboxylic acids is 1. The number of anilines is 1. The van der Waals surface area contributed by atoms with Gasteiger partial charge in [-0.15, -0.1) is 0 Å². The Kier molecular flexibility index (Phi) is 5.89. The monoisotopic (exact) mass is 293 g/mol. The number of hydrogen-bond acceptors (Lipinski definition) is 6. The molecule has 0 spiro atoms. The Bertz CT molecular complexity index is 460. The van der Waals surface area contributed by atoms with Crippen molar-refractivity contribution in [3.8, 4) is 0 Å². The van der Waals surface area contributed by atoms with Gasteiger partial charge in [0.15, 0.2) is 0 Å². The van der Waals surface area contributed by atoms with Gasteiger partial charge >= 0.3 is 0 Å². The zero-order chi connectivity index (χ0) is 15.1. The summed E-state index contributed by atoms with van der Waals surface area (Å²) in [6.07, 6.45) is 3.81. The molecule has 7 heteroatoms. The Hall–Kier alpha value is -1.73. The van der Waals surface area contributed by atoms with E-state index in [1.807, 2.05) is 19.0 Å². The summed E-state index contributed by atoms with van der Waals surface area (Å²) in [4.78, 5) is 22.1. The van der Waals surface area contributed by atoms with Crippen molar-refractivity contribution in [1.29, 1.82) is 0 Å². The van der Waals surface area contributed by atoms with Crippen LogP contribution in [0.4, 0.5) is 5.82 Å². The van der Waals surface area contributed by atoms with Crippen molar-refractivity contribution in [1.82, 2.24) is 20.2 Å². The highest BCUT2D eigenvalue weighted by Crippen LogP contribution is 2.13. The first kappa shape index (κ1) is 15.7.